The summed E-state index contributed by atoms with van der Waals surface area (Å²) in [6, 6.07) is 21.3. The fraction of sp³-hybridized carbons (Fsp3) is 0.348. The number of hydrogen-bond acceptors (Lipinski definition) is 3. The van der Waals surface area contributed by atoms with Crippen molar-refractivity contribution in [3.63, 3.8) is 0 Å². The SMILES string of the molecule is CC1=CC(Sc2ccccc2)(Sc2ccccc2)[C@H]2CCCC(=O)[C@@H]2C1. The number of allylic oxidation sites excluding steroid dienone is 1. The zero-order chi connectivity index (χ0) is 18.0. The fourth-order valence-electron chi connectivity index (χ4n) is 4.28. The van der Waals surface area contributed by atoms with Crippen LogP contribution >= 0.6 is 23.5 Å². The van der Waals surface area contributed by atoms with E-state index in [1.165, 1.54) is 15.4 Å². The summed E-state index contributed by atoms with van der Waals surface area (Å²) in [6.45, 7) is 2.20. The van der Waals surface area contributed by atoms with E-state index in [0.29, 0.717) is 11.7 Å². The number of carbonyl (C=O) groups is 1. The van der Waals surface area contributed by atoms with Crippen LogP contribution in [-0.2, 0) is 4.79 Å². The highest BCUT2D eigenvalue weighted by molar-refractivity contribution is 8.18. The summed E-state index contributed by atoms with van der Waals surface area (Å²) in [7, 11) is 0. The predicted octanol–water partition coefficient (Wildman–Crippen LogP) is 6.60. The maximum atomic E-state index is 12.7. The van der Waals surface area contributed by atoms with Gasteiger partial charge in [-0.05, 0) is 56.4 Å². The van der Waals surface area contributed by atoms with Crippen molar-refractivity contribution in [3.05, 3.63) is 72.3 Å². The van der Waals surface area contributed by atoms with Gasteiger partial charge in [0.25, 0.3) is 0 Å². The minimum absolute atomic E-state index is 0.119. The number of carbonyl (C=O) groups excluding carboxylic acids is 1. The van der Waals surface area contributed by atoms with Crippen molar-refractivity contribution in [3.8, 4) is 0 Å². The number of benzene rings is 2. The molecular weight excluding hydrogens is 356 g/mol. The van der Waals surface area contributed by atoms with Crippen LogP contribution in [0.3, 0.4) is 0 Å². The van der Waals surface area contributed by atoms with Crippen molar-refractivity contribution >= 4 is 29.3 Å². The van der Waals surface area contributed by atoms with Crippen molar-refractivity contribution in [2.75, 3.05) is 0 Å². The van der Waals surface area contributed by atoms with Gasteiger partial charge in [0.2, 0.25) is 0 Å². The number of fused-ring (bicyclic) bond motifs is 1. The van der Waals surface area contributed by atoms with Gasteiger partial charge in [0.1, 0.15) is 5.78 Å². The van der Waals surface area contributed by atoms with Crippen LogP contribution in [0, 0.1) is 11.8 Å². The van der Waals surface area contributed by atoms with E-state index >= 15 is 0 Å². The van der Waals surface area contributed by atoms with E-state index in [-0.39, 0.29) is 10.00 Å². The number of Topliss-reactive ketones (excluding diaryl/α,β-unsaturated/α-hetero) is 1. The molecule has 1 nitrogen and oxygen atoms in total. The Hall–Kier alpha value is -1.45. The minimum Gasteiger partial charge on any atom is -0.299 e. The molecule has 2 aromatic rings. The second-order valence-electron chi connectivity index (χ2n) is 7.32. The van der Waals surface area contributed by atoms with Gasteiger partial charge in [-0.3, -0.25) is 4.79 Å². The highest BCUT2D eigenvalue weighted by Crippen LogP contribution is 2.59. The quantitative estimate of drug-likeness (QED) is 0.439. The normalized spacial score (nSPS) is 24.7. The van der Waals surface area contributed by atoms with E-state index in [1.54, 1.807) is 0 Å². The number of hydrogen-bond donors (Lipinski definition) is 0. The zero-order valence-corrected chi connectivity index (χ0v) is 16.7. The topological polar surface area (TPSA) is 17.1 Å². The van der Waals surface area contributed by atoms with E-state index in [2.05, 4.69) is 73.7 Å². The van der Waals surface area contributed by atoms with Crippen LogP contribution in [0.1, 0.15) is 32.6 Å². The van der Waals surface area contributed by atoms with Gasteiger partial charge < -0.3 is 0 Å². The molecule has 0 amide bonds. The zero-order valence-electron chi connectivity index (χ0n) is 15.1. The second-order valence-corrected chi connectivity index (χ2v) is 10.3. The van der Waals surface area contributed by atoms with Crippen LogP contribution in [0.5, 0.6) is 0 Å². The summed E-state index contributed by atoms with van der Waals surface area (Å²) in [4.78, 5) is 15.3. The summed E-state index contributed by atoms with van der Waals surface area (Å²) >= 11 is 3.87. The summed E-state index contributed by atoms with van der Waals surface area (Å²) in [5.41, 5.74) is 1.35. The summed E-state index contributed by atoms with van der Waals surface area (Å²) < 4.78 is -0.119. The lowest BCUT2D eigenvalue weighted by atomic mass is 9.70. The molecular formula is C23H24OS2. The maximum absolute atomic E-state index is 12.7. The lowest BCUT2D eigenvalue weighted by molar-refractivity contribution is -0.126. The Morgan fingerprint density at radius 3 is 2.08 bits per heavy atom. The van der Waals surface area contributed by atoms with Gasteiger partial charge in [0.05, 0.1) is 4.08 Å². The second kappa shape index (κ2) is 7.66. The average molecular weight is 381 g/mol. The molecule has 0 radical (unpaired) electrons. The molecule has 2 atom stereocenters. The van der Waals surface area contributed by atoms with Gasteiger partial charge in [0, 0.05) is 22.1 Å². The van der Waals surface area contributed by atoms with Crippen molar-refractivity contribution in [1.29, 1.82) is 0 Å². The first-order valence-electron chi connectivity index (χ1n) is 9.35. The van der Waals surface area contributed by atoms with Gasteiger partial charge >= 0.3 is 0 Å². The standard InChI is InChI=1S/C23H24OS2/c1-17-15-20-21(13-8-14-22(20)24)23(16-17,25-18-9-4-2-5-10-18)26-19-11-6-3-7-12-19/h2-7,9-12,16,20-21H,8,13-15H2,1H3/t20-,21+/m1/s1. The number of rotatable bonds is 4. The highest BCUT2D eigenvalue weighted by atomic mass is 32.2. The molecule has 0 heterocycles. The Labute approximate surface area is 164 Å². The fourth-order valence-corrected chi connectivity index (χ4v) is 7.73. The van der Waals surface area contributed by atoms with E-state index in [9.17, 15) is 4.79 Å². The first kappa shape index (κ1) is 17.9. The molecule has 2 aliphatic rings. The third-order valence-corrected chi connectivity index (χ3v) is 8.38. The van der Waals surface area contributed by atoms with E-state index < -0.39 is 0 Å². The molecule has 0 unspecified atom stereocenters. The summed E-state index contributed by atoms with van der Waals surface area (Å²) in [5.74, 6) is 1.05. The van der Waals surface area contributed by atoms with E-state index in [4.69, 9.17) is 0 Å². The number of thioether (sulfide) groups is 2. The molecule has 3 heteroatoms. The van der Waals surface area contributed by atoms with Crippen LogP contribution < -0.4 is 0 Å². The van der Waals surface area contributed by atoms with Gasteiger partial charge in [-0.2, -0.15) is 0 Å². The van der Waals surface area contributed by atoms with E-state index in [0.717, 1.165) is 25.7 Å². The lowest BCUT2D eigenvalue weighted by Crippen LogP contribution is -2.43. The number of ketones is 1. The summed E-state index contributed by atoms with van der Waals surface area (Å²) in [6.07, 6.45) is 6.33. The molecule has 134 valence electrons. The summed E-state index contributed by atoms with van der Waals surface area (Å²) in [5, 5.41) is 0. The molecule has 0 N–H and O–H groups in total. The average Bonchev–Trinajstić information content (AvgIpc) is 2.64. The molecule has 0 spiro atoms. The smallest absolute Gasteiger partial charge is 0.136 e. The Morgan fingerprint density at radius 1 is 0.923 bits per heavy atom. The Balaban J connectivity index is 1.78. The van der Waals surface area contributed by atoms with Gasteiger partial charge in [-0.25, -0.2) is 0 Å². The molecule has 0 bridgehead atoms. The Morgan fingerprint density at radius 2 is 1.50 bits per heavy atom. The molecule has 4 rings (SSSR count). The van der Waals surface area contributed by atoms with Crippen molar-refractivity contribution in [2.24, 2.45) is 11.8 Å². The van der Waals surface area contributed by atoms with Crippen LogP contribution in [0.2, 0.25) is 0 Å². The predicted molar refractivity (Wildman–Crippen MR) is 112 cm³/mol. The molecule has 0 aliphatic heterocycles. The molecule has 1 saturated carbocycles. The monoisotopic (exact) mass is 380 g/mol. The molecule has 2 aliphatic carbocycles. The first-order chi connectivity index (χ1) is 12.7. The van der Waals surface area contributed by atoms with Crippen molar-refractivity contribution in [1.82, 2.24) is 0 Å². The largest absolute Gasteiger partial charge is 0.299 e. The van der Waals surface area contributed by atoms with Gasteiger partial charge in [0.15, 0.2) is 0 Å². The first-order valence-corrected chi connectivity index (χ1v) is 11.0. The molecule has 0 aromatic heterocycles. The third-order valence-electron chi connectivity index (χ3n) is 5.39. The lowest BCUT2D eigenvalue weighted by Gasteiger charge is -2.47. The van der Waals surface area contributed by atoms with Crippen molar-refractivity contribution in [2.45, 2.75) is 46.5 Å². The Kier molecular flexibility index (Phi) is 5.28. The van der Waals surface area contributed by atoms with Gasteiger partial charge in [-0.15, -0.1) is 23.5 Å². The maximum Gasteiger partial charge on any atom is 0.136 e. The molecule has 1 fully saturated rings. The highest BCUT2D eigenvalue weighted by Gasteiger charge is 2.49. The molecule has 26 heavy (non-hydrogen) atoms. The molecule has 0 saturated heterocycles. The third kappa shape index (κ3) is 3.65. The van der Waals surface area contributed by atoms with Crippen LogP contribution in [0.25, 0.3) is 0 Å². The Bertz CT molecular complexity index is 756. The van der Waals surface area contributed by atoms with Crippen LogP contribution in [-0.4, -0.2) is 9.86 Å². The van der Waals surface area contributed by atoms with E-state index in [1.807, 2.05) is 23.5 Å². The van der Waals surface area contributed by atoms with Crippen LogP contribution in [0.15, 0.2) is 82.1 Å². The molecule has 2 aromatic carbocycles. The van der Waals surface area contributed by atoms with Crippen LogP contribution in [0.4, 0.5) is 0 Å². The van der Waals surface area contributed by atoms with Crippen molar-refractivity contribution < 1.29 is 4.79 Å². The minimum atomic E-state index is -0.119. The van der Waals surface area contributed by atoms with Gasteiger partial charge in [-0.1, -0.05) is 48.0 Å².